The van der Waals surface area contributed by atoms with E-state index < -0.39 is 0 Å². The maximum atomic E-state index is 12.0. The first-order valence-electron chi connectivity index (χ1n) is 5.39. The molecule has 0 spiro atoms. The Bertz CT molecular complexity index is 439. The quantitative estimate of drug-likeness (QED) is 0.580. The third-order valence-corrected chi connectivity index (χ3v) is 2.55. The fourth-order valence-electron chi connectivity index (χ4n) is 1.55. The molecule has 0 aliphatic heterocycles. The van der Waals surface area contributed by atoms with Gasteiger partial charge in [-0.1, -0.05) is 0 Å². The summed E-state index contributed by atoms with van der Waals surface area (Å²) >= 11 is 0. The molecule has 5 nitrogen and oxygen atoms in total. The summed E-state index contributed by atoms with van der Waals surface area (Å²) in [6.45, 7) is 4.93. The lowest BCUT2D eigenvalue weighted by molar-refractivity contribution is 0.0772. The smallest absolute Gasteiger partial charge is 0.253 e. The van der Waals surface area contributed by atoms with E-state index in [2.05, 4.69) is 5.18 Å². The molecular formula is C12H14N2O3. The normalized spacial score (nSPS) is 9.76. The van der Waals surface area contributed by atoms with Crippen molar-refractivity contribution in [3.8, 4) is 0 Å². The van der Waals surface area contributed by atoms with Crippen molar-refractivity contribution in [3.63, 3.8) is 0 Å². The van der Waals surface area contributed by atoms with Gasteiger partial charge >= 0.3 is 0 Å². The standard InChI is InChI=1S/C12H14N2O3/c1-3-14(4-2)12(16)9-5-6-10(8-15)11(7-9)13-17/h5-8H,3-4H2,1-2H3. The molecule has 1 aromatic carbocycles. The van der Waals surface area contributed by atoms with Gasteiger partial charge in [-0.3, -0.25) is 9.59 Å². The highest BCUT2D eigenvalue weighted by atomic mass is 16.3. The van der Waals surface area contributed by atoms with Crippen LogP contribution in [0.25, 0.3) is 0 Å². The molecule has 17 heavy (non-hydrogen) atoms. The lowest BCUT2D eigenvalue weighted by Crippen LogP contribution is -2.30. The minimum atomic E-state index is -0.169. The molecule has 90 valence electrons. The average molecular weight is 234 g/mol. The van der Waals surface area contributed by atoms with Crippen molar-refractivity contribution in [2.45, 2.75) is 13.8 Å². The lowest BCUT2D eigenvalue weighted by Gasteiger charge is -2.18. The van der Waals surface area contributed by atoms with Crippen LogP contribution in [0.2, 0.25) is 0 Å². The predicted octanol–water partition coefficient (Wildman–Crippen LogP) is 2.38. The zero-order valence-corrected chi connectivity index (χ0v) is 9.84. The van der Waals surface area contributed by atoms with E-state index in [0.29, 0.717) is 24.9 Å². The summed E-state index contributed by atoms with van der Waals surface area (Å²) in [5, 5.41) is 2.74. The third-order valence-electron chi connectivity index (χ3n) is 2.55. The van der Waals surface area contributed by atoms with Gasteiger partial charge in [0.05, 0.1) is 0 Å². The van der Waals surface area contributed by atoms with E-state index in [1.165, 1.54) is 18.2 Å². The minimum absolute atomic E-state index is 0.00185. The van der Waals surface area contributed by atoms with Crippen LogP contribution < -0.4 is 0 Å². The SMILES string of the molecule is CCN(CC)C(=O)c1ccc(C=O)c(N=O)c1. The number of hydrogen-bond donors (Lipinski definition) is 0. The van der Waals surface area contributed by atoms with Gasteiger partial charge in [-0.05, 0) is 37.2 Å². The van der Waals surface area contributed by atoms with E-state index in [1.807, 2.05) is 13.8 Å². The zero-order chi connectivity index (χ0) is 12.8. The Labute approximate surface area is 99.4 Å². The second-order valence-corrected chi connectivity index (χ2v) is 3.46. The fraction of sp³-hybridized carbons (Fsp3) is 0.333. The first-order valence-corrected chi connectivity index (χ1v) is 5.39. The van der Waals surface area contributed by atoms with Gasteiger partial charge in [0.25, 0.3) is 5.91 Å². The number of aldehydes is 1. The molecule has 0 fully saturated rings. The largest absolute Gasteiger partial charge is 0.339 e. The van der Waals surface area contributed by atoms with Crippen LogP contribution >= 0.6 is 0 Å². The van der Waals surface area contributed by atoms with Crippen LogP contribution in [0.3, 0.4) is 0 Å². The summed E-state index contributed by atoms with van der Waals surface area (Å²) < 4.78 is 0. The minimum Gasteiger partial charge on any atom is -0.339 e. The first kappa shape index (κ1) is 13.0. The van der Waals surface area contributed by atoms with Crippen molar-refractivity contribution < 1.29 is 9.59 Å². The van der Waals surface area contributed by atoms with Crippen molar-refractivity contribution in [2.75, 3.05) is 13.1 Å². The monoisotopic (exact) mass is 234 g/mol. The predicted molar refractivity (Wildman–Crippen MR) is 64.5 cm³/mol. The summed E-state index contributed by atoms with van der Waals surface area (Å²) in [5.41, 5.74) is 0.558. The molecule has 0 aliphatic carbocycles. The van der Waals surface area contributed by atoms with Crippen molar-refractivity contribution in [3.05, 3.63) is 34.2 Å². The molecule has 5 heteroatoms. The van der Waals surface area contributed by atoms with Crippen LogP contribution in [-0.2, 0) is 0 Å². The molecule has 0 radical (unpaired) electrons. The summed E-state index contributed by atoms with van der Waals surface area (Å²) in [4.78, 5) is 34.8. The number of carbonyl (C=O) groups is 2. The van der Waals surface area contributed by atoms with Crippen LogP contribution in [0.5, 0.6) is 0 Å². The summed E-state index contributed by atoms with van der Waals surface area (Å²) in [7, 11) is 0. The van der Waals surface area contributed by atoms with Crippen LogP contribution in [0.4, 0.5) is 5.69 Å². The Hall–Kier alpha value is -2.04. The van der Waals surface area contributed by atoms with Gasteiger partial charge in [-0.2, -0.15) is 0 Å². The van der Waals surface area contributed by atoms with Crippen molar-refractivity contribution in [1.82, 2.24) is 4.90 Å². The highest BCUT2D eigenvalue weighted by Gasteiger charge is 2.14. The van der Waals surface area contributed by atoms with Crippen LogP contribution in [0, 0.1) is 4.91 Å². The van der Waals surface area contributed by atoms with Crippen LogP contribution in [0.15, 0.2) is 23.4 Å². The Morgan fingerprint density at radius 3 is 2.47 bits per heavy atom. The molecular weight excluding hydrogens is 220 g/mol. The highest BCUT2D eigenvalue weighted by Crippen LogP contribution is 2.20. The highest BCUT2D eigenvalue weighted by molar-refractivity contribution is 5.96. The van der Waals surface area contributed by atoms with Crippen LogP contribution in [0.1, 0.15) is 34.6 Å². The number of hydrogen-bond acceptors (Lipinski definition) is 4. The van der Waals surface area contributed by atoms with Gasteiger partial charge < -0.3 is 4.90 Å². The van der Waals surface area contributed by atoms with Crippen molar-refractivity contribution >= 4 is 17.9 Å². The van der Waals surface area contributed by atoms with E-state index in [9.17, 15) is 14.5 Å². The number of amides is 1. The van der Waals surface area contributed by atoms with E-state index in [1.54, 1.807) is 4.90 Å². The Morgan fingerprint density at radius 1 is 1.35 bits per heavy atom. The van der Waals surface area contributed by atoms with Gasteiger partial charge in [0, 0.05) is 24.2 Å². The Balaban J connectivity index is 3.11. The first-order chi connectivity index (χ1) is 8.17. The maximum absolute atomic E-state index is 12.0. The maximum Gasteiger partial charge on any atom is 0.253 e. The summed E-state index contributed by atoms with van der Waals surface area (Å²) in [5.74, 6) is -0.169. The van der Waals surface area contributed by atoms with Gasteiger partial charge in [0.2, 0.25) is 0 Å². The van der Waals surface area contributed by atoms with Gasteiger partial charge in [0.1, 0.15) is 5.69 Å². The number of benzene rings is 1. The molecule has 0 heterocycles. The van der Waals surface area contributed by atoms with Gasteiger partial charge in [-0.15, -0.1) is 4.91 Å². The fourth-order valence-corrected chi connectivity index (χ4v) is 1.55. The number of nitrogens with zero attached hydrogens (tertiary/aromatic N) is 2. The number of carbonyl (C=O) groups excluding carboxylic acids is 2. The Morgan fingerprint density at radius 2 is 2.00 bits per heavy atom. The molecule has 0 atom stereocenters. The molecule has 0 saturated heterocycles. The van der Waals surface area contributed by atoms with E-state index in [4.69, 9.17) is 0 Å². The molecule has 0 aromatic heterocycles. The average Bonchev–Trinajstić information content (AvgIpc) is 2.39. The van der Waals surface area contributed by atoms with Crippen molar-refractivity contribution in [2.24, 2.45) is 5.18 Å². The molecule has 0 aliphatic rings. The number of rotatable bonds is 5. The summed E-state index contributed by atoms with van der Waals surface area (Å²) in [6.07, 6.45) is 0.544. The molecule has 1 rings (SSSR count). The Kier molecular flexibility index (Phi) is 4.51. The van der Waals surface area contributed by atoms with E-state index >= 15 is 0 Å². The second kappa shape index (κ2) is 5.89. The van der Waals surface area contributed by atoms with E-state index in [-0.39, 0.29) is 17.2 Å². The molecule has 0 saturated carbocycles. The second-order valence-electron chi connectivity index (χ2n) is 3.46. The topological polar surface area (TPSA) is 66.8 Å². The van der Waals surface area contributed by atoms with Gasteiger partial charge in [-0.25, -0.2) is 0 Å². The van der Waals surface area contributed by atoms with Crippen LogP contribution in [-0.4, -0.2) is 30.2 Å². The zero-order valence-electron chi connectivity index (χ0n) is 9.84. The van der Waals surface area contributed by atoms with Gasteiger partial charge in [0.15, 0.2) is 6.29 Å². The van der Waals surface area contributed by atoms with Crippen molar-refractivity contribution in [1.29, 1.82) is 0 Å². The summed E-state index contributed by atoms with van der Waals surface area (Å²) in [6, 6.07) is 4.30. The molecule has 1 aromatic rings. The molecule has 0 bridgehead atoms. The molecule has 1 amide bonds. The number of nitroso groups, excluding NO2 is 1. The molecule has 0 unspecified atom stereocenters. The lowest BCUT2D eigenvalue weighted by atomic mass is 10.1. The molecule has 0 N–H and O–H groups in total. The van der Waals surface area contributed by atoms with E-state index in [0.717, 1.165) is 0 Å². The third kappa shape index (κ3) is 2.75.